The van der Waals surface area contributed by atoms with Crippen LogP contribution in [0.4, 0.5) is 0 Å². The van der Waals surface area contributed by atoms with Crippen molar-refractivity contribution in [3.05, 3.63) is 0 Å². The van der Waals surface area contributed by atoms with Gasteiger partial charge in [0.1, 0.15) is 0 Å². The second-order valence-corrected chi connectivity index (χ2v) is 2.53. The van der Waals surface area contributed by atoms with E-state index in [-0.39, 0.29) is 0 Å². The van der Waals surface area contributed by atoms with Gasteiger partial charge in [0, 0.05) is 21.3 Å². The van der Waals surface area contributed by atoms with Crippen molar-refractivity contribution in [2.24, 2.45) is 0 Å². The quantitative estimate of drug-likeness (QED) is 0.591. The lowest BCUT2D eigenvalue weighted by Crippen LogP contribution is -1.85. The van der Waals surface area contributed by atoms with Crippen molar-refractivity contribution >= 4 is 0 Å². The Balaban J connectivity index is 0. The minimum absolute atomic E-state index is 1.00. The van der Waals surface area contributed by atoms with Gasteiger partial charge < -0.3 is 9.84 Å². The Labute approximate surface area is 70.6 Å². The molecule has 0 saturated heterocycles. The standard InChI is InChI=1S/C6H12.C2H6O.CH4O/c1-2-4-6-5-3-1;1-3-2;1-2/h1-6H2;1-2H3;2H,1H3. The molecule has 1 fully saturated rings. The summed E-state index contributed by atoms with van der Waals surface area (Å²) in [6, 6.07) is 0. The molecule has 0 spiro atoms. The molecule has 11 heavy (non-hydrogen) atoms. The number of methoxy groups -OCH3 is 1. The summed E-state index contributed by atoms with van der Waals surface area (Å²) >= 11 is 0. The monoisotopic (exact) mass is 162 g/mol. The van der Waals surface area contributed by atoms with E-state index in [9.17, 15) is 0 Å². The summed E-state index contributed by atoms with van der Waals surface area (Å²) in [6.07, 6.45) is 9.00. The minimum Gasteiger partial charge on any atom is -0.400 e. The fraction of sp³-hybridized carbons (Fsp3) is 1.00. The Bertz CT molecular complexity index is 31.3. The van der Waals surface area contributed by atoms with E-state index in [0.717, 1.165) is 7.11 Å². The van der Waals surface area contributed by atoms with Crippen LogP contribution in [0.3, 0.4) is 0 Å². The van der Waals surface area contributed by atoms with Gasteiger partial charge in [0.05, 0.1) is 0 Å². The van der Waals surface area contributed by atoms with Crippen LogP contribution in [0.15, 0.2) is 0 Å². The van der Waals surface area contributed by atoms with Crippen LogP contribution in [-0.4, -0.2) is 26.4 Å². The van der Waals surface area contributed by atoms with Gasteiger partial charge in [-0.25, -0.2) is 0 Å². The first-order valence-corrected chi connectivity index (χ1v) is 4.26. The van der Waals surface area contributed by atoms with Crippen molar-refractivity contribution < 1.29 is 9.84 Å². The van der Waals surface area contributed by atoms with Crippen molar-refractivity contribution in [3.8, 4) is 0 Å². The predicted octanol–water partition coefficient (Wildman–Crippen LogP) is 2.21. The first-order chi connectivity index (χ1) is 5.41. The summed E-state index contributed by atoms with van der Waals surface area (Å²) in [5.74, 6) is 0. The van der Waals surface area contributed by atoms with Crippen LogP contribution in [0.2, 0.25) is 0 Å². The molecule has 2 heteroatoms. The molecule has 0 aromatic carbocycles. The second-order valence-electron chi connectivity index (χ2n) is 2.53. The van der Waals surface area contributed by atoms with Gasteiger partial charge in [0.25, 0.3) is 0 Å². The van der Waals surface area contributed by atoms with Crippen LogP contribution in [0, 0.1) is 0 Å². The minimum atomic E-state index is 1.00. The molecule has 2 nitrogen and oxygen atoms in total. The number of hydrogen-bond acceptors (Lipinski definition) is 2. The highest BCUT2D eigenvalue weighted by atomic mass is 16.4. The molecule has 0 bridgehead atoms. The van der Waals surface area contributed by atoms with E-state index >= 15 is 0 Å². The molecule has 0 unspecified atom stereocenters. The Morgan fingerprint density at radius 1 is 0.727 bits per heavy atom. The normalized spacial score (nSPS) is 15.3. The highest BCUT2D eigenvalue weighted by Gasteiger charge is 1.95. The Kier molecular flexibility index (Phi) is 20.2. The smallest absolute Gasteiger partial charge is 0.0351 e. The maximum Gasteiger partial charge on any atom is 0.0351 e. The summed E-state index contributed by atoms with van der Waals surface area (Å²) in [5.41, 5.74) is 0. The fourth-order valence-electron chi connectivity index (χ4n) is 1.06. The lowest BCUT2D eigenvalue weighted by atomic mass is 10.0. The number of rotatable bonds is 0. The van der Waals surface area contributed by atoms with E-state index in [1.807, 2.05) is 0 Å². The summed E-state index contributed by atoms with van der Waals surface area (Å²) in [6.45, 7) is 0. The van der Waals surface area contributed by atoms with Crippen LogP contribution in [0.25, 0.3) is 0 Å². The molecule has 1 aliphatic rings. The van der Waals surface area contributed by atoms with Gasteiger partial charge in [0.15, 0.2) is 0 Å². The molecule has 0 heterocycles. The van der Waals surface area contributed by atoms with E-state index in [4.69, 9.17) is 5.11 Å². The van der Waals surface area contributed by atoms with E-state index in [1.54, 1.807) is 14.2 Å². The lowest BCUT2D eigenvalue weighted by molar-refractivity contribution is 0.277. The number of aliphatic hydroxyl groups is 1. The molecular weight excluding hydrogens is 140 g/mol. The molecule has 0 atom stereocenters. The van der Waals surface area contributed by atoms with Gasteiger partial charge in [-0.05, 0) is 0 Å². The van der Waals surface area contributed by atoms with Gasteiger partial charge in [-0.3, -0.25) is 0 Å². The maximum atomic E-state index is 7.00. The van der Waals surface area contributed by atoms with Crippen LogP contribution >= 0.6 is 0 Å². The van der Waals surface area contributed by atoms with Crippen LogP contribution in [0.5, 0.6) is 0 Å². The molecule has 0 aliphatic heterocycles. The fourth-order valence-corrected chi connectivity index (χ4v) is 1.06. The van der Waals surface area contributed by atoms with Crippen LogP contribution in [-0.2, 0) is 4.74 Å². The highest BCUT2D eigenvalue weighted by molar-refractivity contribution is 4.51. The average molecular weight is 162 g/mol. The third-order valence-corrected chi connectivity index (χ3v) is 1.50. The maximum absolute atomic E-state index is 7.00. The average Bonchev–Trinajstić information content (AvgIpc) is 2.12. The van der Waals surface area contributed by atoms with Crippen LogP contribution < -0.4 is 0 Å². The summed E-state index contributed by atoms with van der Waals surface area (Å²) in [5, 5.41) is 7.00. The lowest BCUT2D eigenvalue weighted by Gasteiger charge is -2.05. The zero-order valence-corrected chi connectivity index (χ0v) is 8.10. The first kappa shape index (κ1) is 13.5. The van der Waals surface area contributed by atoms with Gasteiger partial charge in [-0.2, -0.15) is 0 Å². The van der Waals surface area contributed by atoms with Gasteiger partial charge in [0.2, 0.25) is 0 Å². The number of aliphatic hydroxyl groups excluding tert-OH is 1. The SMILES string of the molecule is C1CCCCC1.CO.COC. The number of hydrogen-bond donors (Lipinski definition) is 1. The van der Waals surface area contributed by atoms with E-state index in [1.165, 1.54) is 38.5 Å². The van der Waals surface area contributed by atoms with Crippen molar-refractivity contribution in [1.29, 1.82) is 0 Å². The molecule has 70 valence electrons. The predicted molar refractivity (Wildman–Crippen MR) is 48.8 cm³/mol. The largest absolute Gasteiger partial charge is 0.400 e. The summed E-state index contributed by atoms with van der Waals surface area (Å²) < 4.78 is 4.25. The van der Waals surface area contributed by atoms with Crippen molar-refractivity contribution in [3.63, 3.8) is 0 Å². The van der Waals surface area contributed by atoms with E-state index in [0.29, 0.717) is 0 Å². The summed E-state index contributed by atoms with van der Waals surface area (Å²) in [7, 11) is 4.25. The third kappa shape index (κ3) is 17.8. The first-order valence-electron chi connectivity index (χ1n) is 4.26. The molecule has 0 radical (unpaired) electrons. The molecular formula is C9H22O2. The molecule has 0 aromatic rings. The summed E-state index contributed by atoms with van der Waals surface area (Å²) in [4.78, 5) is 0. The molecule has 0 aromatic heterocycles. The van der Waals surface area contributed by atoms with E-state index in [2.05, 4.69) is 4.74 Å². The molecule has 1 rings (SSSR count). The van der Waals surface area contributed by atoms with Crippen molar-refractivity contribution in [2.45, 2.75) is 38.5 Å². The topological polar surface area (TPSA) is 29.5 Å². The van der Waals surface area contributed by atoms with Crippen molar-refractivity contribution in [2.75, 3.05) is 21.3 Å². The van der Waals surface area contributed by atoms with Crippen molar-refractivity contribution in [1.82, 2.24) is 0 Å². The Hall–Kier alpha value is -0.0800. The van der Waals surface area contributed by atoms with Crippen LogP contribution in [0.1, 0.15) is 38.5 Å². The molecule has 1 N–H and O–H groups in total. The van der Waals surface area contributed by atoms with Gasteiger partial charge in [-0.1, -0.05) is 38.5 Å². The van der Waals surface area contributed by atoms with E-state index < -0.39 is 0 Å². The zero-order valence-electron chi connectivity index (χ0n) is 8.10. The molecule has 0 amide bonds. The Morgan fingerprint density at radius 3 is 0.909 bits per heavy atom. The zero-order chi connectivity index (χ0) is 8.95. The van der Waals surface area contributed by atoms with Gasteiger partial charge >= 0.3 is 0 Å². The number of ether oxygens (including phenoxy) is 1. The third-order valence-electron chi connectivity index (χ3n) is 1.50. The molecule has 1 aliphatic carbocycles. The Morgan fingerprint density at radius 2 is 0.818 bits per heavy atom. The van der Waals surface area contributed by atoms with Gasteiger partial charge in [-0.15, -0.1) is 0 Å². The second kappa shape index (κ2) is 16.5. The molecule has 1 saturated carbocycles. The highest BCUT2D eigenvalue weighted by Crippen LogP contribution is 2.15.